The quantitative estimate of drug-likeness (QED) is 0.456. The number of nitro benzene ring substituents is 1. The van der Waals surface area contributed by atoms with Crippen LogP contribution in [-0.2, 0) is 14.8 Å². The fourth-order valence-corrected chi connectivity index (χ4v) is 4.16. The van der Waals surface area contributed by atoms with Crippen molar-refractivity contribution in [3.8, 4) is 5.75 Å². The number of amides is 1. The molecule has 2 aromatic rings. The molecule has 1 amide bonds. The molecule has 0 bridgehead atoms. The standard InChI is InChI=1S/C19H21F2N3O6S/c1-4-23(5-2)31(28,29)14-7-9-18(17(11-14)24(26)27)30-12(3)19(25)22-16-8-6-13(20)10-15(16)21/h6-12H,4-5H2,1-3H3,(H,22,25). The van der Waals surface area contributed by atoms with Gasteiger partial charge in [0, 0.05) is 25.2 Å². The second kappa shape index (κ2) is 9.79. The molecule has 9 nitrogen and oxygen atoms in total. The molecule has 1 atom stereocenters. The Morgan fingerprint density at radius 3 is 2.39 bits per heavy atom. The van der Waals surface area contributed by atoms with Gasteiger partial charge in [-0.2, -0.15) is 4.31 Å². The molecule has 0 saturated carbocycles. The number of nitrogens with one attached hydrogen (secondary N) is 1. The molecule has 1 unspecified atom stereocenters. The van der Waals surface area contributed by atoms with Gasteiger partial charge in [0.05, 0.1) is 15.5 Å². The largest absolute Gasteiger partial charge is 0.474 e. The molecule has 2 aromatic carbocycles. The Balaban J connectivity index is 2.27. The van der Waals surface area contributed by atoms with Crippen LogP contribution in [0.3, 0.4) is 0 Å². The Labute approximate surface area is 177 Å². The maximum absolute atomic E-state index is 13.7. The number of hydrogen-bond donors (Lipinski definition) is 1. The van der Waals surface area contributed by atoms with Crippen LogP contribution >= 0.6 is 0 Å². The second-order valence-corrected chi connectivity index (χ2v) is 8.29. The van der Waals surface area contributed by atoms with Crippen LogP contribution in [0.4, 0.5) is 20.2 Å². The third-order valence-corrected chi connectivity index (χ3v) is 6.38. The van der Waals surface area contributed by atoms with Crippen molar-refractivity contribution in [1.29, 1.82) is 0 Å². The lowest BCUT2D eigenvalue weighted by Crippen LogP contribution is -2.31. The van der Waals surface area contributed by atoms with E-state index in [0.717, 1.165) is 34.6 Å². The molecular weight excluding hydrogens is 436 g/mol. The van der Waals surface area contributed by atoms with Gasteiger partial charge in [-0.25, -0.2) is 17.2 Å². The number of carbonyl (C=O) groups excluding carboxylic acids is 1. The van der Waals surface area contributed by atoms with Crippen LogP contribution in [0.25, 0.3) is 0 Å². The summed E-state index contributed by atoms with van der Waals surface area (Å²) in [5.74, 6) is -3.02. The minimum absolute atomic E-state index is 0.183. The molecule has 0 heterocycles. The fourth-order valence-electron chi connectivity index (χ4n) is 2.68. The maximum atomic E-state index is 13.7. The normalized spacial score (nSPS) is 12.5. The average Bonchev–Trinajstić information content (AvgIpc) is 2.70. The van der Waals surface area contributed by atoms with Crippen LogP contribution in [0.15, 0.2) is 41.3 Å². The number of hydrogen-bond acceptors (Lipinski definition) is 6. The Morgan fingerprint density at radius 2 is 1.84 bits per heavy atom. The van der Waals surface area contributed by atoms with Crippen molar-refractivity contribution in [1.82, 2.24) is 4.31 Å². The highest BCUT2D eigenvalue weighted by atomic mass is 32.2. The van der Waals surface area contributed by atoms with Crippen LogP contribution in [-0.4, -0.2) is 42.7 Å². The number of carbonyl (C=O) groups is 1. The zero-order valence-electron chi connectivity index (χ0n) is 17.0. The predicted molar refractivity (Wildman–Crippen MR) is 108 cm³/mol. The Morgan fingerprint density at radius 1 is 1.19 bits per heavy atom. The minimum Gasteiger partial charge on any atom is -0.474 e. The predicted octanol–water partition coefficient (Wildman–Crippen LogP) is 3.31. The summed E-state index contributed by atoms with van der Waals surface area (Å²) >= 11 is 0. The molecule has 0 aliphatic rings. The molecule has 0 spiro atoms. The monoisotopic (exact) mass is 457 g/mol. The van der Waals surface area contributed by atoms with E-state index < -0.39 is 44.3 Å². The van der Waals surface area contributed by atoms with Crippen molar-refractivity contribution < 1.29 is 31.7 Å². The minimum atomic E-state index is -3.95. The van der Waals surface area contributed by atoms with E-state index in [9.17, 15) is 32.1 Å². The summed E-state index contributed by atoms with van der Waals surface area (Å²) < 4.78 is 58.4. The van der Waals surface area contributed by atoms with Gasteiger partial charge in [-0.1, -0.05) is 13.8 Å². The van der Waals surface area contributed by atoms with E-state index in [-0.39, 0.29) is 29.4 Å². The first kappa shape index (κ1) is 24.2. The van der Waals surface area contributed by atoms with E-state index in [1.165, 1.54) is 6.92 Å². The summed E-state index contributed by atoms with van der Waals surface area (Å²) in [4.78, 5) is 22.6. The van der Waals surface area contributed by atoms with E-state index in [1.54, 1.807) is 13.8 Å². The summed E-state index contributed by atoms with van der Waals surface area (Å²) in [5.41, 5.74) is -0.946. The van der Waals surface area contributed by atoms with Crippen LogP contribution in [0.1, 0.15) is 20.8 Å². The van der Waals surface area contributed by atoms with Gasteiger partial charge >= 0.3 is 5.69 Å². The van der Waals surface area contributed by atoms with Crippen molar-refractivity contribution in [2.45, 2.75) is 31.8 Å². The zero-order chi connectivity index (χ0) is 23.3. The molecule has 0 aliphatic heterocycles. The maximum Gasteiger partial charge on any atom is 0.312 e. The molecule has 0 aromatic heterocycles. The first-order valence-electron chi connectivity index (χ1n) is 9.22. The lowest BCUT2D eigenvalue weighted by atomic mass is 10.2. The van der Waals surface area contributed by atoms with E-state index in [2.05, 4.69) is 5.32 Å². The highest BCUT2D eigenvalue weighted by molar-refractivity contribution is 7.89. The smallest absolute Gasteiger partial charge is 0.312 e. The third-order valence-electron chi connectivity index (χ3n) is 4.33. The van der Waals surface area contributed by atoms with Crippen LogP contribution < -0.4 is 10.1 Å². The molecule has 2 rings (SSSR count). The van der Waals surface area contributed by atoms with Gasteiger partial charge < -0.3 is 10.1 Å². The van der Waals surface area contributed by atoms with Gasteiger partial charge in [-0.15, -0.1) is 0 Å². The number of rotatable bonds is 9. The summed E-state index contributed by atoms with van der Waals surface area (Å²) in [7, 11) is -3.95. The highest BCUT2D eigenvalue weighted by Gasteiger charge is 2.28. The molecule has 0 radical (unpaired) electrons. The topological polar surface area (TPSA) is 119 Å². The number of nitrogens with zero attached hydrogens (tertiary/aromatic N) is 2. The number of nitro groups is 1. The van der Waals surface area contributed by atoms with Crippen molar-refractivity contribution in [2.75, 3.05) is 18.4 Å². The molecule has 0 fully saturated rings. The molecule has 12 heteroatoms. The van der Waals surface area contributed by atoms with Gasteiger partial charge in [0.2, 0.25) is 10.0 Å². The molecule has 168 valence electrons. The first-order chi connectivity index (χ1) is 14.5. The molecule has 0 aliphatic carbocycles. The SMILES string of the molecule is CCN(CC)S(=O)(=O)c1ccc(OC(C)C(=O)Nc2ccc(F)cc2F)c([N+](=O)[O-])c1. The van der Waals surface area contributed by atoms with Crippen LogP contribution in [0.2, 0.25) is 0 Å². The number of halogens is 2. The number of anilines is 1. The molecule has 0 saturated heterocycles. The molecule has 1 N–H and O–H groups in total. The molecular formula is C19H21F2N3O6S. The summed E-state index contributed by atoms with van der Waals surface area (Å²) in [6.45, 7) is 4.90. The van der Waals surface area contributed by atoms with Gasteiger partial charge in [0.1, 0.15) is 11.6 Å². The summed E-state index contributed by atoms with van der Waals surface area (Å²) in [6.07, 6.45) is -1.31. The second-order valence-electron chi connectivity index (χ2n) is 6.35. The number of benzene rings is 2. The van der Waals surface area contributed by atoms with Crippen LogP contribution in [0.5, 0.6) is 5.75 Å². The fraction of sp³-hybridized carbons (Fsp3) is 0.316. The Bertz CT molecular complexity index is 1090. The van der Waals surface area contributed by atoms with Crippen molar-refractivity contribution in [3.63, 3.8) is 0 Å². The summed E-state index contributed by atoms with van der Waals surface area (Å²) in [6, 6.07) is 5.63. The average molecular weight is 457 g/mol. The van der Waals surface area contributed by atoms with Gasteiger partial charge in [-0.3, -0.25) is 14.9 Å². The van der Waals surface area contributed by atoms with Gasteiger partial charge in [0.15, 0.2) is 11.9 Å². The third kappa shape index (κ3) is 5.52. The summed E-state index contributed by atoms with van der Waals surface area (Å²) in [5, 5.41) is 13.7. The Hall–Kier alpha value is -3.12. The lowest BCUT2D eigenvalue weighted by Gasteiger charge is -2.19. The van der Waals surface area contributed by atoms with Gasteiger partial charge in [0.25, 0.3) is 5.91 Å². The van der Waals surface area contributed by atoms with Crippen molar-refractivity contribution in [3.05, 3.63) is 58.1 Å². The zero-order valence-corrected chi connectivity index (χ0v) is 17.8. The number of sulfonamides is 1. The van der Waals surface area contributed by atoms with Gasteiger partial charge in [-0.05, 0) is 31.2 Å². The van der Waals surface area contributed by atoms with Crippen molar-refractivity contribution >= 4 is 27.3 Å². The van der Waals surface area contributed by atoms with E-state index in [0.29, 0.717) is 6.07 Å². The highest BCUT2D eigenvalue weighted by Crippen LogP contribution is 2.31. The number of ether oxygens (including phenoxy) is 1. The lowest BCUT2D eigenvalue weighted by molar-refractivity contribution is -0.386. The van der Waals surface area contributed by atoms with E-state index in [1.807, 2.05) is 0 Å². The van der Waals surface area contributed by atoms with E-state index in [4.69, 9.17) is 4.74 Å². The van der Waals surface area contributed by atoms with Crippen LogP contribution in [0, 0.1) is 21.7 Å². The molecule has 31 heavy (non-hydrogen) atoms. The van der Waals surface area contributed by atoms with E-state index >= 15 is 0 Å². The first-order valence-corrected chi connectivity index (χ1v) is 10.7. The van der Waals surface area contributed by atoms with Crippen molar-refractivity contribution in [2.24, 2.45) is 0 Å². The Kier molecular flexibility index (Phi) is 7.63.